The number of esters is 1. The van der Waals surface area contributed by atoms with E-state index in [0.29, 0.717) is 5.56 Å². The fourth-order valence-corrected chi connectivity index (χ4v) is 2.51. The molecule has 1 unspecified atom stereocenters. The topological polar surface area (TPSA) is 69.4 Å². The van der Waals surface area contributed by atoms with Gasteiger partial charge in [-0.2, -0.15) is 0 Å². The molecule has 0 aliphatic rings. The van der Waals surface area contributed by atoms with Gasteiger partial charge in [0.05, 0.1) is 11.5 Å². The number of rotatable bonds is 6. The Morgan fingerprint density at radius 1 is 1.21 bits per heavy atom. The normalized spacial score (nSPS) is 12.7. The number of nitrogens with zero attached hydrogens (tertiary/aromatic N) is 1. The highest BCUT2D eigenvalue weighted by Crippen LogP contribution is 2.31. The van der Waals surface area contributed by atoms with Crippen LogP contribution in [0.15, 0.2) is 54.6 Å². The number of hydrogen-bond acceptors (Lipinski definition) is 4. The molecule has 2 rings (SSSR count). The molecule has 0 amide bonds. The molecule has 5 heteroatoms. The van der Waals surface area contributed by atoms with Crippen LogP contribution in [0.25, 0.3) is 0 Å². The van der Waals surface area contributed by atoms with Crippen molar-refractivity contribution in [2.24, 2.45) is 0 Å². The first-order valence-electron chi connectivity index (χ1n) is 7.47. The molecule has 0 saturated carbocycles. The Bertz CT molecular complexity index is 762. The van der Waals surface area contributed by atoms with Crippen molar-refractivity contribution < 1.29 is 14.5 Å². The zero-order valence-electron chi connectivity index (χ0n) is 13.3. The van der Waals surface area contributed by atoms with Gasteiger partial charge in [0, 0.05) is 18.6 Å². The van der Waals surface area contributed by atoms with Gasteiger partial charge in [0.2, 0.25) is 0 Å². The van der Waals surface area contributed by atoms with Gasteiger partial charge in [0.1, 0.15) is 0 Å². The summed E-state index contributed by atoms with van der Waals surface area (Å²) >= 11 is 0. The number of hydrogen-bond donors (Lipinski definition) is 0. The van der Waals surface area contributed by atoms with Crippen LogP contribution in [0.3, 0.4) is 0 Å². The van der Waals surface area contributed by atoms with Crippen molar-refractivity contribution in [3.8, 4) is 12.3 Å². The van der Waals surface area contributed by atoms with Gasteiger partial charge in [-0.05, 0) is 18.1 Å². The van der Waals surface area contributed by atoms with E-state index >= 15 is 0 Å². The molecular weight excluding hydrogens is 306 g/mol. The lowest BCUT2D eigenvalue weighted by Gasteiger charge is -2.27. The molecule has 0 N–H and O–H groups in total. The SMILES string of the molecule is C#CC(Cc1ccccc1)(C(=O)OCC)c1ccc([N+](=O)[O-])cc1. The Morgan fingerprint density at radius 2 is 1.83 bits per heavy atom. The minimum Gasteiger partial charge on any atom is -0.465 e. The molecule has 0 aliphatic heterocycles. The zero-order valence-corrected chi connectivity index (χ0v) is 13.3. The van der Waals surface area contributed by atoms with Crippen LogP contribution in [0.1, 0.15) is 18.1 Å². The van der Waals surface area contributed by atoms with Crippen LogP contribution in [-0.2, 0) is 21.4 Å². The average Bonchev–Trinajstić information content (AvgIpc) is 2.61. The van der Waals surface area contributed by atoms with Gasteiger partial charge in [-0.15, -0.1) is 6.42 Å². The van der Waals surface area contributed by atoms with Crippen LogP contribution < -0.4 is 0 Å². The summed E-state index contributed by atoms with van der Waals surface area (Å²) in [6.45, 7) is 1.90. The second kappa shape index (κ2) is 7.42. The number of nitro groups is 1. The molecular formula is C19H17NO4. The van der Waals surface area contributed by atoms with Crippen molar-refractivity contribution in [1.82, 2.24) is 0 Å². The van der Waals surface area contributed by atoms with E-state index in [-0.39, 0.29) is 18.7 Å². The third-order valence-electron chi connectivity index (χ3n) is 3.75. The molecule has 0 radical (unpaired) electrons. The summed E-state index contributed by atoms with van der Waals surface area (Å²) in [7, 11) is 0. The van der Waals surface area contributed by atoms with Crippen LogP contribution >= 0.6 is 0 Å². The quantitative estimate of drug-likeness (QED) is 0.354. The number of terminal acetylenes is 1. The second-order valence-electron chi connectivity index (χ2n) is 5.24. The fraction of sp³-hybridized carbons (Fsp3) is 0.211. The molecule has 1 atom stereocenters. The fourth-order valence-electron chi connectivity index (χ4n) is 2.51. The van der Waals surface area contributed by atoms with Crippen LogP contribution in [0.4, 0.5) is 5.69 Å². The van der Waals surface area contributed by atoms with Crippen molar-refractivity contribution in [2.75, 3.05) is 6.61 Å². The molecule has 0 saturated heterocycles. The molecule has 0 heterocycles. The summed E-state index contributed by atoms with van der Waals surface area (Å²) in [5, 5.41) is 10.8. The molecule has 5 nitrogen and oxygen atoms in total. The van der Waals surface area contributed by atoms with E-state index in [9.17, 15) is 14.9 Å². The highest BCUT2D eigenvalue weighted by Gasteiger charge is 2.40. The van der Waals surface area contributed by atoms with E-state index in [2.05, 4.69) is 5.92 Å². The van der Waals surface area contributed by atoms with Crippen molar-refractivity contribution in [2.45, 2.75) is 18.8 Å². The standard InChI is InChI=1S/C19H17NO4/c1-3-19(18(21)24-4-2,14-15-8-6-5-7-9-15)16-10-12-17(13-11-16)20(22)23/h1,5-13H,4,14H2,2H3. The van der Waals surface area contributed by atoms with Gasteiger partial charge >= 0.3 is 5.97 Å². The Kier molecular flexibility index (Phi) is 5.33. The third-order valence-corrected chi connectivity index (χ3v) is 3.75. The summed E-state index contributed by atoms with van der Waals surface area (Å²) in [6, 6.07) is 15.0. The first-order chi connectivity index (χ1) is 11.5. The predicted octanol–water partition coefficient (Wildman–Crippen LogP) is 3.27. The largest absolute Gasteiger partial charge is 0.465 e. The van der Waals surface area contributed by atoms with E-state index in [1.165, 1.54) is 24.3 Å². The van der Waals surface area contributed by atoms with E-state index in [0.717, 1.165) is 5.56 Å². The van der Waals surface area contributed by atoms with Crippen LogP contribution in [0.2, 0.25) is 0 Å². The summed E-state index contributed by atoms with van der Waals surface area (Å²) in [5.41, 5.74) is -0.0139. The maximum Gasteiger partial charge on any atom is 0.329 e. The minimum absolute atomic E-state index is 0.0618. The lowest BCUT2D eigenvalue weighted by molar-refractivity contribution is -0.384. The number of ether oxygens (including phenoxy) is 1. The van der Waals surface area contributed by atoms with Gasteiger partial charge in [0.15, 0.2) is 5.41 Å². The summed E-state index contributed by atoms with van der Waals surface area (Å²) < 4.78 is 5.19. The van der Waals surface area contributed by atoms with Crippen LogP contribution in [0.5, 0.6) is 0 Å². The Morgan fingerprint density at radius 3 is 2.33 bits per heavy atom. The smallest absolute Gasteiger partial charge is 0.329 e. The lowest BCUT2D eigenvalue weighted by Crippen LogP contribution is -2.38. The summed E-state index contributed by atoms with van der Waals surface area (Å²) in [4.78, 5) is 23.0. The third kappa shape index (κ3) is 3.44. The average molecular weight is 323 g/mol. The Hall–Kier alpha value is -3.13. The van der Waals surface area contributed by atoms with E-state index in [1.807, 2.05) is 30.3 Å². The molecule has 0 fully saturated rings. The number of nitro benzene ring substituents is 1. The maximum atomic E-state index is 12.6. The predicted molar refractivity (Wildman–Crippen MR) is 90.4 cm³/mol. The van der Waals surface area contributed by atoms with Crippen LogP contribution in [-0.4, -0.2) is 17.5 Å². The lowest BCUT2D eigenvalue weighted by atomic mass is 9.76. The number of carbonyl (C=O) groups is 1. The van der Waals surface area contributed by atoms with E-state index in [1.54, 1.807) is 6.92 Å². The van der Waals surface area contributed by atoms with Crippen molar-refractivity contribution in [3.63, 3.8) is 0 Å². The molecule has 2 aromatic rings. The van der Waals surface area contributed by atoms with E-state index < -0.39 is 16.3 Å². The minimum atomic E-state index is -1.33. The molecule has 24 heavy (non-hydrogen) atoms. The molecule has 0 aromatic heterocycles. The monoisotopic (exact) mass is 323 g/mol. The molecule has 0 bridgehead atoms. The van der Waals surface area contributed by atoms with Crippen molar-refractivity contribution in [3.05, 3.63) is 75.8 Å². The van der Waals surface area contributed by atoms with Gasteiger partial charge in [-0.3, -0.25) is 14.9 Å². The van der Waals surface area contributed by atoms with Gasteiger partial charge < -0.3 is 4.74 Å². The summed E-state index contributed by atoms with van der Waals surface area (Å²) in [6.07, 6.45) is 5.98. The Balaban J connectivity index is 2.50. The van der Waals surface area contributed by atoms with Gasteiger partial charge in [0.25, 0.3) is 5.69 Å². The second-order valence-corrected chi connectivity index (χ2v) is 5.24. The summed E-state index contributed by atoms with van der Waals surface area (Å²) in [5.74, 6) is 2.03. The maximum absolute atomic E-state index is 12.6. The molecule has 0 spiro atoms. The first kappa shape index (κ1) is 17.2. The van der Waals surface area contributed by atoms with E-state index in [4.69, 9.17) is 11.2 Å². The highest BCUT2D eigenvalue weighted by molar-refractivity contribution is 5.88. The van der Waals surface area contributed by atoms with Crippen molar-refractivity contribution >= 4 is 11.7 Å². The molecule has 2 aromatic carbocycles. The van der Waals surface area contributed by atoms with Gasteiger partial charge in [-0.25, -0.2) is 0 Å². The zero-order chi connectivity index (χ0) is 17.6. The molecule has 0 aliphatic carbocycles. The first-order valence-corrected chi connectivity index (χ1v) is 7.47. The highest BCUT2D eigenvalue weighted by atomic mass is 16.6. The van der Waals surface area contributed by atoms with Gasteiger partial charge in [-0.1, -0.05) is 48.4 Å². The number of benzene rings is 2. The van der Waals surface area contributed by atoms with Crippen LogP contribution in [0, 0.1) is 22.5 Å². The number of carbonyl (C=O) groups excluding carboxylic acids is 1. The number of non-ortho nitro benzene ring substituents is 1. The molecule has 122 valence electrons. The Labute approximate surface area is 140 Å². The van der Waals surface area contributed by atoms with Crippen molar-refractivity contribution in [1.29, 1.82) is 0 Å².